The van der Waals surface area contributed by atoms with Gasteiger partial charge in [-0.25, -0.2) is 9.50 Å². The first-order chi connectivity index (χ1) is 10.7. The maximum absolute atomic E-state index is 12.9. The van der Waals surface area contributed by atoms with Crippen LogP contribution in [0.1, 0.15) is 35.0 Å². The third-order valence-electron chi connectivity index (χ3n) is 3.94. The van der Waals surface area contributed by atoms with Crippen LogP contribution in [0.3, 0.4) is 0 Å². The Hall–Kier alpha value is -2.15. The summed E-state index contributed by atoms with van der Waals surface area (Å²) in [5.41, 5.74) is 1.09. The van der Waals surface area contributed by atoms with E-state index in [0.717, 1.165) is 29.6 Å². The first-order valence-electron chi connectivity index (χ1n) is 7.07. The van der Waals surface area contributed by atoms with E-state index in [1.807, 2.05) is 17.0 Å². The summed E-state index contributed by atoms with van der Waals surface area (Å²) < 4.78 is 7.90. The van der Waals surface area contributed by atoms with Crippen molar-refractivity contribution in [2.24, 2.45) is 0 Å². The molecule has 1 saturated heterocycles. The minimum Gasteiger partial charge on any atom is -0.467 e. The fraction of sp³-hybridized carbons (Fsp3) is 0.267. The molecule has 3 aromatic heterocycles. The lowest BCUT2D eigenvalue weighted by Crippen LogP contribution is -2.30. The van der Waals surface area contributed by atoms with Gasteiger partial charge >= 0.3 is 0 Å². The van der Waals surface area contributed by atoms with Crippen molar-refractivity contribution in [3.63, 3.8) is 0 Å². The van der Waals surface area contributed by atoms with Crippen LogP contribution < -0.4 is 0 Å². The number of likely N-dealkylation sites (tertiary alicyclic amines) is 1. The molecule has 0 saturated carbocycles. The van der Waals surface area contributed by atoms with Gasteiger partial charge in [-0.05, 0) is 40.9 Å². The summed E-state index contributed by atoms with van der Waals surface area (Å²) in [5.74, 6) is 0.779. The summed E-state index contributed by atoms with van der Waals surface area (Å²) >= 11 is 3.35. The minimum absolute atomic E-state index is 0.00658. The molecule has 0 N–H and O–H groups in total. The van der Waals surface area contributed by atoms with Crippen LogP contribution in [0.4, 0.5) is 0 Å². The Morgan fingerprint density at radius 1 is 1.41 bits per heavy atom. The van der Waals surface area contributed by atoms with Crippen molar-refractivity contribution in [2.75, 3.05) is 6.54 Å². The van der Waals surface area contributed by atoms with E-state index in [0.29, 0.717) is 11.2 Å². The Labute approximate surface area is 134 Å². The monoisotopic (exact) mass is 360 g/mol. The lowest BCUT2D eigenvalue weighted by atomic mass is 10.1. The zero-order valence-corrected chi connectivity index (χ0v) is 13.2. The second kappa shape index (κ2) is 5.24. The molecule has 1 amide bonds. The van der Waals surface area contributed by atoms with Crippen LogP contribution in [0.5, 0.6) is 0 Å². The number of fused-ring (bicyclic) bond motifs is 1. The Balaban J connectivity index is 1.70. The molecule has 1 aliphatic rings. The Morgan fingerprint density at radius 2 is 2.32 bits per heavy atom. The number of halogens is 1. The Bertz CT molecular complexity index is 827. The van der Waals surface area contributed by atoms with Gasteiger partial charge in [0.15, 0.2) is 5.65 Å². The normalized spacial score (nSPS) is 18.2. The van der Waals surface area contributed by atoms with Gasteiger partial charge in [-0.3, -0.25) is 4.79 Å². The van der Waals surface area contributed by atoms with Crippen molar-refractivity contribution in [2.45, 2.75) is 18.9 Å². The van der Waals surface area contributed by atoms with Gasteiger partial charge < -0.3 is 9.32 Å². The lowest BCUT2D eigenvalue weighted by Gasteiger charge is -2.22. The number of hydrogen-bond donors (Lipinski definition) is 0. The summed E-state index contributed by atoms with van der Waals surface area (Å²) in [4.78, 5) is 19.0. The molecule has 0 aromatic carbocycles. The van der Waals surface area contributed by atoms with Crippen molar-refractivity contribution in [1.29, 1.82) is 0 Å². The summed E-state index contributed by atoms with van der Waals surface area (Å²) in [5, 5.41) is 4.21. The molecule has 7 heteroatoms. The molecule has 4 heterocycles. The van der Waals surface area contributed by atoms with Crippen LogP contribution in [0, 0.1) is 0 Å². The number of rotatable bonds is 2. The predicted molar refractivity (Wildman–Crippen MR) is 82.4 cm³/mol. The lowest BCUT2D eigenvalue weighted by molar-refractivity contribution is 0.0721. The highest BCUT2D eigenvalue weighted by atomic mass is 79.9. The van der Waals surface area contributed by atoms with Crippen molar-refractivity contribution in [3.8, 4) is 0 Å². The highest BCUT2D eigenvalue weighted by Gasteiger charge is 2.33. The molecule has 0 aliphatic carbocycles. The van der Waals surface area contributed by atoms with Crippen molar-refractivity contribution in [1.82, 2.24) is 19.5 Å². The first kappa shape index (κ1) is 13.5. The van der Waals surface area contributed by atoms with Gasteiger partial charge in [-0.1, -0.05) is 0 Å². The molecule has 0 spiro atoms. The smallest absolute Gasteiger partial charge is 0.259 e. The van der Waals surface area contributed by atoms with Gasteiger partial charge in [-0.2, -0.15) is 5.10 Å². The zero-order chi connectivity index (χ0) is 15.1. The van der Waals surface area contributed by atoms with E-state index in [1.54, 1.807) is 29.4 Å². The van der Waals surface area contributed by atoms with E-state index in [9.17, 15) is 4.79 Å². The van der Waals surface area contributed by atoms with E-state index in [-0.39, 0.29) is 11.9 Å². The highest BCUT2D eigenvalue weighted by Crippen LogP contribution is 2.33. The molecule has 3 aromatic rings. The molecular weight excluding hydrogens is 348 g/mol. The average Bonchev–Trinajstić information content (AvgIpc) is 3.25. The molecule has 0 bridgehead atoms. The number of amides is 1. The molecule has 0 unspecified atom stereocenters. The molecule has 6 nitrogen and oxygen atoms in total. The molecular formula is C15H13BrN4O2. The molecule has 4 rings (SSSR count). The minimum atomic E-state index is -0.0521. The molecule has 22 heavy (non-hydrogen) atoms. The van der Waals surface area contributed by atoms with Crippen molar-refractivity contribution >= 4 is 27.5 Å². The van der Waals surface area contributed by atoms with Crippen LogP contribution in [0.15, 0.2) is 45.9 Å². The van der Waals surface area contributed by atoms with E-state index < -0.39 is 0 Å². The fourth-order valence-electron chi connectivity index (χ4n) is 2.94. The van der Waals surface area contributed by atoms with Crippen LogP contribution in [-0.2, 0) is 0 Å². The third-order valence-corrected chi connectivity index (χ3v) is 4.35. The van der Waals surface area contributed by atoms with E-state index in [2.05, 4.69) is 26.0 Å². The first-order valence-corrected chi connectivity index (χ1v) is 7.86. The van der Waals surface area contributed by atoms with Gasteiger partial charge in [0.2, 0.25) is 0 Å². The summed E-state index contributed by atoms with van der Waals surface area (Å²) in [6.45, 7) is 0.720. The van der Waals surface area contributed by atoms with Crippen LogP contribution in [-0.4, -0.2) is 31.9 Å². The summed E-state index contributed by atoms with van der Waals surface area (Å²) in [6, 6.07) is 3.76. The summed E-state index contributed by atoms with van der Waals surface area (Å²) in [6.07, 6.45) is 8.56. The fourth-order valence-corrected chi connectivity index (χ4v) is 3.24. The number of carbonyl (C=O) groups is 1. The Kier molecular flexibility index (Phi) is 3.22. The van der Waals surface area contributed by atoms with E-state index in [1.165, 1.54) is 0 Å². The number of carbonyl (C=O) groups excluding carboxylic acids is 1. The van der Waals surface area contributed by atoms with Crippen molar-refractivity contribution < 1.29 is 9.21 Å². The molecule has 0 radical (unpaired) electrons. The maximum atomic E-state index is 12.9. The van der Waals surface area contributed by atoms with E-state index in [4.69, 9.17) is 4.42 Å². The third kappa shape index (κ3) is 2.12. The molecule has 1 fully saturated rings. The van der Waals surface area contributed by atoms with Gasteiger partial charge in [0.1, 0.15) is 11.3 Å². The Morgan fingerprint density at radius 3 is 3.14 bits per heavy atom. The van der Waals surface area contributed by atoms with Crippen LogP contribution >= 0.6 is 15.9 Å². The van der Waals surface area contributed by atoms with E-state index >= 15 is 0 Å². The van der Waals surface area contributed by atoms with Crippen LogP contribution in [0.2, 0.25) is 0 Å². The van der Waals surface area contributed by atoms with Gasteiger partial charge in [-0.15, -0.1) is 0 Å². The quantitative estimate of drug-likeness (QED) is 0.704. The van der Waals surface area contributed by atoms with Crippen molar-refractivity contribution in [3.05, 3.63) is 52.8 Å². The molecule has 1 atom stereocenters. The number of furan rings is 1. The van der Waals surface area contributed by atoms with Gasteiger partial charge in [0.05, 0.1) is 23.0 Å². The SMILES string of the molecule is O=C(c1cnn2cc(Br)cnc12)N1CCC[C@@H]1c1ccco1. The van der Waals surface area contributed by atoms with Gasteiger partial charge in [0.25, 0.3) is 5.91 Å². The number of nitrogens with zero attached hydrogens (tertiary/aromatic N) is 4. The predicted octanol–water partition coefficient (Wildman–Crippen LogP) is 3.06. The highest BCUT2D eigenvalue weighted by molar-refractivity contribution is 9.10. The second-order valence-electron chi connectivity index (χ2n) is 5.27. The molecule has 112 valence electrons. The standard InChI is InChI=1S/C15H13BrN4O2/c16-10-7-17-14-11(8-18-20(14)9-10)15(21)19-5-1-3-12(19)13-4-2-6-22-13/h2,4,6-9,12H,1,3,5H2/t12-/m1/s1. The van der Waals surface area contributed by atoms with Gasteiger partial charge in [0, 0.05) is 18.9 Å². The second-order valence-corrected chi connectivity index (χ2v) is 6.19. The number of aromatic nitrogens is 3. The molecule has 1 aliphatic heterocycles. The zero-order valence-electron chi connectivity index (χ0n) is 11.6. The topological polar surface area (TPSA) is 63.6 Å². The number of hydrogen-bond acceptors (Lipinski definition) is 4. The largest absolute Gasteiger partial charge is 0.467 e. The summed E-state index contributed by atoms with van der Waals surface area (Å²) in [7, 11) is 0. The average molecular weight is 361 g/mol. The van der Waals surface area contributed by atoms with Crippen LogP contribution in [0.25, 0.3) is 5.65 Å². The maximum Gasteiger partial charge on any atom is 0.259 e.